The Labute approximate surface area is 96.6 Å². The van der Waals surface area contributed by atoms with Crippen LogP contribution in [0, 0.1) is 11.3 Å². The number of rotatable bonds is 3. The topological polar surface area (TPSA) is 65.9 Å². The molecule has 0 spiro atoms. The number of hydrogen-bond acceptors (Lipinski definition) is 3. The first kappa shape index (κ1) is 14.0. The number of nitrogens with zero attached hydrogens (tertiary/aromatic N) is 1. The summed E-state index contributed by atoms with van der Waals surface area (Å²) in [5.41, 5.74) is -2.99. The van der Waals surface area contributed by atoms with Crippen molar-refractivity contribution in [3.05, 3.63) is 27.5 Å². The first-order valence-electron chi connectivity index (χ1n) is 4.41. The molecule has 0 aromatic carbocycles. The molecule has 9 heteroatoms. The molecule has 0 amide bonds. The summed E-state index contributed by atoms with van der Waals surface area (Å²) in [6.07, 6.45) is -9.09. The molecule has 0 aliphatic heterocycles. The van der Waals surface area contributed by atoms with Gasteiger partial charge in [-0.15, -0.1) is 13.2 Å². The highest BCUT2D eigenvalue weighted by atomic mass is 19.4. The molecule has 0 aliphatic carbocycles. The van der Waals surface area contributed by atoms with E-state index in [-0.39, 0.29) is 5.69 Å². The molecule has 0 atom stereocenters. The van der Waals surface area contributed by atoms with Gasteiger partial charge in [-0.3, -0.25) is 4.79 Å². The number of aromatic amines is 1. The third-order valence-electron chi connectivity index (χ3n) is 1.80. The van der Waals surface area contributed by atoms with Crippen molar-refractivity contribution in [1.29, 1.82) is 5.26 Å². The number of alkyl halides is 5. The lowest BCUT2D eigenvalue weighted by molar-refractivity contribution is -0.276. The van der Waals surface area contributed by atoms with Gasteiger partial charge in [0.2, 0.25) is 5.88 Å². The smallest absolute Gasteiger partial charge is 0.389 e. The number of hydrogen-bond donors (Lipinski definition) is 1. The molecule has 0 saturated carbocycles. The largest absolute Gasteiger partial charge is 0.574 e. The maximum atomic E-state index is 12.4. The molecule has 1 aromatic rings. The van der Waals surface area contributed by atoms with E-state index in [2.05, 4.69) is 4.74 Å². The van der Waals surface area contributed by atoms with Crippen LogP contribution in [0.25, 0.3) is 0 Å². The van der Waals surface area contributed by atoms with Crippen molar-refractivity contribution in [2.24, 2.45) is 0 Å². The summed E-state index contributed by atoms with van der Waals surface area (Å²) in [5, 5.41) is 8.33. The quantitative estimate of drug-likeness (QED) is 0.855. The van der Waals surface area contributed by atoms with Gasteiger partial charge in [-0.2, -0.15) is 5.26 Å². The van der Waals surface area contributed by atoms with Crippen molar-refractivity contribution in [1.82, 2.24) is 4.98 Å². The lowest BCUT2D eigenvalue weighted by atomic mass is 10.2. The first-order valence-corrected chi connectivity index (χ1v) is 4.41. The second kappa shape index (κ2) is 5.03. The molecule has 0 bridgehead atoms. The van der Waals surface area contributed by atoms with Crippen LogP contribution in [0.4, 0.5) is 22.0 Å². The molecule has 0 saturated heterocycles. The molecular weight excluding hydrogens is 263 g/mol. The Morgan fingerprint density at radius 3 is 2.50 bits per heavy atom. The molecule has 0 radical (unpaired) electrons. The second-order valence-electron chi connectivity index (χ2n) is 3.09. The van der Waals surface area contributed by atoms with Crippen LogP contribution in [0.2, 0.25) is 0 Å². The number of pyridine rings is 1. The van der Waals surface area contributed by atoms with Crippen LogP contribution in [-0.2, 0) is 6.42 Å². The average Bonchev–Trinajstić information content (AvgIpc) is 2.13. The Bertz CT molecular complexity index is 529. The highest BCUT2D eigenvalue weighted by Gasteiger charge is 2.34. The van der Waals surface area contributed by atoms with Crippen molar-refractivity contribution in [2.75, 3.05) is 0 Å². The van der Waals surface area contributed by atoms with Gasteiger partial charge in [0.05, 0.1) is 12.5 Å². The van der Waals surface area contributed by atoms with Gasteiger partial charge in [0.1, 0.15) is 5.56 Å². The van der Waals surface area contributed by atoms with Crippen LogP contribution < -0.4 is 10.2 Å². The van der Waals surface area contributed by atoms with Crippen molar-refractivity contribution >= 4 is 0 Å². The molecule has 1 rings (SSSR count). The minimum atomic E-state index is -5.22. The summed E-state index contributed by atoms with van der Waals surface area (Å²) in [6, 6.07) is 2.19. The van der Waals surface area contributed by atoms with Crippen molar-refractivity contribution in [2.45, 2.75) is 19.2 Å². The fourth-order valence-electron chi connectivity index (χ4n) is 1.18. The zero-order valence-corrected chi connectivity index (χ0v) is 8.52. The number of nitriles is 1. The summed E-state index contributed by atoms with van der Waals surface area (Å²) in [6.45, 7) is 0. The van der Waals surface area contributed by atoms with Gasteiger partial charge in [0.15, 0.2) is 5.43 Å². The van der Waals surface area contributed by atoms with E-state index in [1.165, 1.54) is 0 Å². The molecule has 0 unspecified atom stereocenters. The van der Waals surface area contributed by atoms with E-state index in [1.54, 1.807) is 6.07 Å². The lowest BCUT2D eigenvalue weighted by Gasteiger charge is -2.13. The fourth-order valence-corrected chi connectivity index (χ4v) is 1.18. The molecule has 1 aromatic heterocycles. The first-order chi connectivity index (χ1) is 8.24. The van der Waals surface area contributed by atoms with E-state index >= 15 is 0 Å². The summed E-state index contributed by atoms with van der Waals surface area (Å²) in [7, 11) is 0. The standard InChI is InChI=1S/C9H5F5N2O2/c10-7(11)6-5(17)3-4(1-2-15)16-8(6)18-9(12,13)14/h3,7H,1H2,(H,16,17). The van der Waals surface area contributed by atoms with Crippen molar-refractivity contribution < 1.29 is 26.7 Å². The van der Waals surface area contributed by atoms with Gasteiger partial charge in [0.25, 0.3) is 6.43 Å². The predicted molar refractivity (Wildman–Crippen MR) is 48.0 cm³/mol. The highest BCUT2D eigenvalue weighted by Crippen LogP contribution is 2.28. The third-order valence-corrected chi connectivity index (χ3v) is 1.80. The van der Waals surface area contributed by atoms with Crippen LogP contribution >= 0.6 is 0 Å². The van der Waals surface area contributed by atoms with Gasteiger partial charge in [-0.05, 0) is 0 Å². The van der Waals surface area contributed by atoms with Crippen molar-refractivity contribution in [3.8, 4) is 11.9 Å². The Balaban J connectivity index is 3.34. The fraction of sp³-hybridized carbons (Fsp3) is 0.333. The van der Waals surface area contributed by atoms with E-state index in [0.717, 1.165) is 0 Å². The monoisotopic (exact) mass is 268 g/mol. The van der Waals surface area contributed by atoms with E-state index in [1.807, 2.05) is 4.98 Å². The van der Waals surface area contributed by atoms with E-state index in [9.17, 15) is 26.7 Å². The highest BCUT2D eigenvalue weighted by molar-refractivity contribution is 5.30. The Morgan fingerprint density at radius 1 is 1.44 bits per heavy atom. The SMILES string of the molecule is N#CCc1cc(=O)c(C(F)F)c(OC(F)(F)F)[nH]1. The van der Waals surface area contributed by atoms with E-state index in [0.29, 0.717) is 6.07 Å². The molecule has 98 valence electrons. The summed E-state index contributed by atoms with van der Waals surface area (Å²) in [5.74, 6) is -1.39. The summed E-state index contributed by atoms with van der Waals surface area (Å²) >= 11 is 0. The molecule has 4 nitrogen and oxygen atoms in total. The van der Waals surface area contributed by atoms with E-state index < -0.39 is 36.1 Å². The molecule has 18 heavy (non-hydrogen) atoms. The minimum absolute atomic E-state index is 0.244. The van der Waals surface area contributed by atoms with Gasteiger partial charge >= 0.3 is 6.36 Å². The molecule has 1 heterocycles. The van der Waals surface area contributed by atoms with Crippen LogP contribution in [0.5, 0.6) is 5.88 Å². The molecule has 1 N–H and O–H groups in total. The number of ether oxygens (including phenoxy) is 1. The van der Waals surface area contributed by atoms with Gasteiger partial charge in [-0.1, -0.05) is 0 Å². The van der Waals surface area contributed by atoms with Crippen LogP contribution in [-0.4, -0.2) is 11.3 Å². The van der Waals surface area contributed by atoms with Gasteiger partial charge < -0.3 is 9.72 Å². The Morgan fingerprint density at radius 2 is 2.06 bits per heavy atom. The zero-order chi connectivity index (χ0) is 13.9. The third kappa shape index (κ3) is 3.44. The summed E-state index contributed by atoms with van der Waals surface area (Å²) in [4.78, 5) is 13.1. The summed E-state index contributed by atoms with van der Waals surface area (Å²) < 4.78 is 64.2. The van der Waals surface area contributed by atoms with Gasteiger partial charge in [0, 0.05) is 11.8 Å². The zero-order valence-electron chi connectivity index (χ0n) is 8.52. The number of H-pyrrole nitrogens is 1. The molecule has 0 aliphatic rings. The maximum Gasteiger partial charge on any atom is 0.574 e. The van der Waals surface area contributed by atoms with Crippen LogP contribution in [0.1, 0.15) is 17.7 Å². The van der Waals surface area contributed by atoms with Crippen LogP contribution in [0.15, 0.2) is 10.9 Å². The van der Waals surface area contributed by atoms with E-state index in [4.69, 9.17) is 5.26 Å². The Kier molecular flexibility index (Phi) is 3.90. The maximum absolute atomic E-state index is 12.4. The minimum Gasteiger partial charge on any atom is -0.389 e. The Hall–Kier alpha value is -2.11. The average molecular weight is 268 g/mol. The predicted octanol–water partition coefficient (Wildman–Crippen LogP) is 2.28. The number of halogens is 5. The molecular formula is C9H5F5N2O2. The lowest BCUT2D eigenvalue weighted by Crippen LogP contribution is -2.23. The molecule has 0 fully saturated rings. The second-order valence-corrected chi connectivity index (χ2v) is 3.09. The number of nitrogens with one attached hydrogen (secondary N) is 1. The van der Waals surface area contributed by atoms with Crippen LogP contribution in [0.3, 0.4) is 0 Å². The van der Waals surface area contributed by atoms with Crippen molar-refractivity contribution in [3.63, 3.8) is 0 Å². The normalized spacial score (nSPS) is 11.4. The number of aromatic nitrogens is 1. The van der Waals surface area contributed by atoms with Gasteiger partial charge in [-0.25, -0.2) is 8.78 Å².